The molecule has 0 fully saturated rings. The molecule has 0 bridgehead atoms. The van der Waals surface area contributed by atoms with Crippen LogP contribution >= 0.6 is 0 Å². The van der Waals surface area contributed by atoms with Gasteiger partial charge in [-0.2, -0.15) is 0 Å². The van der Waals surface area contributed by atoms with E-state index in [1.807, 2.05) is 20.8 Å². The van der Waals surface area contributed by atoms with Crippen LogP contribution in [-0.4, -0.2) is 53.1 Å². The number of rotatable bonds is 7. The molecule has 0 heterocycles. The summed E-state index contributed by atoms with van der Waals surface area (Å²) in [6.45, 7) is 6.69. The van der Waals surface area contributed by atoms with Crippen LogP contribution in [0.25, 0.3) is 0 Å². The summed E-state index contributed by atoms with van der Waals surface area (Å²) in [5.41, 5.74) is 0. The lowest BCUT2D eigenvalue weighted by atomic mass is 10.2. The highest BCUT2D eigenvalue weighted by Gasteiger charge is 2.22. The number of carbonyl (C=O) groups excluding carboxylic acids is 1. The Morgan fingerprint density at radius 2 is 1.94 bits per heavy atom. The molecule has 0 aliphatic heterocycles. The molecule has 102 valence electrons. The van der Waals surface area contributed by atoms with Crippen LogP contribution in [0.15, 0.2) is 0 Å². The van der Waals surface area contributed by atoms with Gasteiger partial charge in [0.15, 0.2) is 0 Å². The van der Waals surface area contributed by atoms with Gasteiger partial charge < -0.3 is 14.9 Å². The van der Waals surface area contributed by atoms with Crippen LogP contribution in [-0.2, 0) is 4.79 Å². The van der Waals surface area contributed by atoms with E-state index in [1.54, 1.807) is 0 Å². The standard InChI is InChI=1S/C13H22N2O3/c1-5-7-14(8-6-2)13(18)15(9-11(3)4)10-12(16)17/h1,11H,6-10H2,2-4H3,(H,16,17). The van der Waals surface area contributed by atoms with E-state index in [2.05, 4.69) is 5.92 Å². The molecule has 0 spiro atoms. The van der Waals surface area contributed by atoms with E-state index in [4.69, 9.17) is 11.5 Å². The van der Waals surface area contributed by atoms with E-state index in [-0.39, 0.29) is 25.0 Å². The molecule has 18 heavy (non-hydrogen) atoms. The summed E-state index contributed by atoms with van der Waals surface area (Å²) in [7, 11) is 0. The highest BCUT2D eigenvalue weighted by molar-refractivity contribution is 5.80. The maximum atomic E-state index is 12.2. The van der Waals surface area contributed by atoms with Crippen molar-refractivity contribution in [3.05, 3.63) is 0 Å². The number of carboxylic acid groups (broad SMARTS) is 1. The Hall–Kier alpha value is -1.70. The lowest BCUT2D eigenvalue weighted by Gasteiger charge is -2.29. The van der Waals surface area contributed by atoms with Crippen LogP contribution in [0.2, 0.25) is 0 Å². The van der Waals surface area contributed by atoms with E-state index < -0.39 is 5.97 Å². The largest absolute Gasteiger partial charge is 0.480 e. The van der Waals surface area contributed by atoms with Crippen molar-refractivity contribution in [1.82, 2.24) is 9.80 Å². The van der Waals surface area contributed by atoms with Gasteiger partial charge in [0.2, 0.25) is 0 Å². The molecule has 0 saturated carbocycles. The van der Waals surface area contributed by atoms with Gasteiger partial charge in [-0.15, -0.1) is 6.42 Å². The van der Waals surface area contributed by atoms with Gasteiger partial charge in [0.1, 0.15) is 6.54 Å². The Kier molecular flexibility index (Phi) is 7.61. The lowest BCUT2D eigenvalue weighted by Crippen LogP contribution is -2.47. The maximum Gasteiger partial charge on any atom is 0.323 e. The predicted octanol–water partition coefficient (Wildman–Crippen LogP) is 1.49. The minimum atomic E-state index is -1.01. The monoisotopic (exact) mass is 254 g/mol. The molecule has 0 radical (unpaired) electrons. The van der Waals surface area contributed by atoms with Crippen LogP contribution < -0.4 is 0 Å². The highest BCUT2D eigenvalue weighted by atomic mass is 16.4. The molecule has 2 amide bonds. The van der Waals surface area contributed by atoms with Gasteiger partial charge in [0.25, 0.3) is 0 Å². The third-order valence-corrected chi connectivity index (χ3v) is 2.23. The molecule has 0 aromatic heterocycles. The topological polar surface area (TPSA) is 60.9 Å². The van der Waals surface area contributed by atoms with E-state index in [0.29, 0.717) is 13.1 Å². The van der Waals surface area contributed by atoms with Crippen molar-refractivity contribution < 1.29 is 14.7 Å². The summed E-state index contributed by atoms with van der Waals surface area (Å²) in [6, 6.07) is -0.300. The van der Waals surface area contributed by atoms with Gasteiger partial charge in [0.05, 0.1) is 6.54 Å². The fraction of sp³-hybridized carbons (Fsp3) is 0.692. The smallest absolute Gasteiger partial charge is 0.323 e. The van der Waals surface area contributed by atoms with E-state index in [1.165, 1.54) is 9.80 Å². The number of carbonyl (C=O) groups is 2. The number of hydrogen-bond donors (Lipinski definition) is 1. The first-order valence-electron chi connectivity index (χ1n) is 6.11. The number of nitrogens with zero attached hydrogens (tertiary/aromatic N) is 2. The number of terminal acetylenes is 1. The molecule has 0 atom stereocenters. The molecule has 0 rings (SSSR count). The zero-order valence-electron chi connectivity index (χ0n) is 11.3. The summed E-state index contributed by atoms with van der Waals surface area (Å²) >= 11 is 0. The third kappa shape index (κ3) is 6.14. The van der Waals surface area contributed by atoms with Crippen molar-refractivity contribution in [2.75, 3.05) is 26.2 Å². The molecule has 5 heteroatoms. The Balaban J connectivity index is 4.78. The Morgan fingerprint density at radius 1 is 1.33 bits per heavy atom. The number of amides is 2. The minimum absolute atomic E-state index is 0.209. The molecule has 0 aromatic carbocycles. The van der Waals surface area contributed by atoms with Crippen LogP contribution in [0.4, 0.5) is 4.79 Å². The van der Waals surface area contributed by atoms with Gasteiger partial charge in [-0.25, -0.2) is 4.79 Å². The first-order valence-corrected chi connectivity index (χ1v) is 6.11. The summed E-state index contributed by atoms with van der Waals surface area (Å²) in [5.74, 6) is 1.62. The second kappa shape index (κ2) is 8.40. The van der Waals surface area contributed by atoms with Gasteiger partial charge >= 0.3 is 12.0 Å². The fourth-order valence-electron chi connectivity index (χ4n) is 1.64. The lowest BCUT2D eigenvalue weighted by molar-refractivity contribution is -0.137. The van der Waals surface area contributed by atoms with E-state index >= 15 is 0 Å². The third-order valence-electron chi connectivity index (χ3n) is 2.23. The number of carboxylic acids is 1. The van der Waals surface area contributed by atoms with Crippen molar-refractivity contribution in [1.29, 1.82) is 0 Å². The minimum Gasteiger partial charge on any atom is -0.480 e. The van der Waals surface area contributed by atoms with Crippen molar-refractivity contribution in [2.45, 2.75) is 27.2 Å². The van der Waals surface area contributed by atoms with Crippen molar-refractivity contribution in [2.24, 2.45) is 5.92 Å². The van der Waals surface area contributed by atoms with Gasteiger partial charge in [0, 0.05) is 13.1 Å². The van der Waals surface area contributed by atoms with Crippen molar-refractivity contribution >= 4 is 12.0 Å². The molecule has 5 nitrogen and oxygen atoms in total. The molecule has 0 saturated heterocycles. The fourth-order valence-corrected chi connectivity index (χ4v) is 1.64. The van der Waals surface area contributed by atoms with Crippen LogP contribution in [0.5, 0.6) is 0 Å². The molecule has 0 aromatic rings. The maximum absolute atomic E-state index is 12.2. The van der Waals surface area contributed by atoms with Crippen LogP contribution in [0, 0.1) is 18.3 Å². The quantitative estimate of drug-likeness (QED) is 0.700. The Morgan fingerprint density at radius 3 is 2.33 bits per heavy atom. The van der Waals surface area contributed by atoms with Crippen LogP contribution in [0.1, 0.15) is 27.2 Å². The van der Waals surface area contributed by atoms with Gasteiger partial charge in [-0.3, -0.25) is 4.79 Å². The number of aliphatic carboxylic acids is 1. The van der Waals surface area contributed by atoms with Gasteiger partial charge in [-0.1, -0.05) is 26.7 Å². The molecule has 1 N–H and O–H groups in total. The van der Waals surface area contributed by atoms with Crippen molar-refractivity contribution in [3.8, 4) is 12.3 Å². The van der Waals surface area contributed by atoms with E-state index in [9.17, 15) is 9.59 Å². The number of urea groups is 1. The second-order valence-electron chi connectivity index (χ2n) is 4.58. The van der Waals surface area contributed by atoms with Crippen LogP contribution in [0.3, 0.4) is 0 Å². The zero-order valence-corrected chi connectivity index (χ0v) is 11.3. The van der Waals surface area contributed by atoms with Gasteiger partial charge in [-0.05, 0) is 12.3 Å². The number of hydrogen-bond acceptors (Lipinski definition) is 2. The summed E-state index contributed by atoms with van der Waals surface area (Å²) < 4.78 is 0. The first-order chi connectivity index (χ1) is 8.42. The SMILES string of the molecule is C#CCN(CCC)C(=O)N(CC(=O)O)CC(C)C. The normalized spacial score (nSPS) is 9.94. The average Bonchev–Trinajstić information content (AvgIpc) is 2.25. The average molecular weight is 254 g/mol. The predicted molar refractivity (Wildman–Crippen MR) is 70.1 cm³/mol. The molecular formula is C13H22N2O3. The molecule has 0 aliphatic carbocycles. The molecule has 0 unspecified atom stereocenters. The second-order valence-corrected chi connectivity index (χ2v) is 4.58. The van der Waals surface area contributed by atoms with E-state index in [0.717, 1.165) is 6.42 Å². The van der Waals surface area contributed by atoms with Crippen molar-refractivity contribution in [3.63, 3.8) is 0 Å². The molecular weight excluding hydrogens is 232 g/mol. The summed E-state index contributed by atoms with van der Waals surface area (Å²) in [5, 5.41) is 8.83. The first kappa shape index (κ1) is 16.3. The molecule has 0 aliphatic rings. The zero-order chi connectivity index (χ0) is 14.1. The summed E-state index contributed by atoms with van der Waals surface area (Å²) in [4.78, 5) is 25.8. The highest BCUT2D eigenvalue weighted by Crippen LogP contribution is 2.05. The summed E-state index contributed by atoms with van der Waals surface area (Å²) in [6.07, 6.45) is 6.01. The Labute approximate surface area is 109 Å². The Bertz CT molecular complexity index is 321.